The molecule has 5 nitrogen and oxygen atoms in total. The molecule has 0 aliphatic carbocycles. The Bertz CT molecular complexity index is 878. The van der Waals surface area contributed by atoms with Crippen LogP contribution in [0.1, 0.15) is 29.8 Å². The quantitative estimate of drug-likeness (QED) is 0.884. The first-order chi connectivity index (χ1) is 11.6. The Kier molecular flexibility index (Phi) is 5.59. The second-order valence-corrected chi connectivity index (χ2v) is 8.05. The lowest BCUT2D eigenvalue weighted by Gasteiger charge is -2.21. The monoisotopic (exact) mass is 364 g/mol. The molecule has 0 aromatic heterocycles. The summed E-state index contributed by atoms with van der Waals surface area (Å²) >= 11 is 0. The molecule has 0 radical (unpaired) electrons. The zero-order chi connectivity index (χ0) is 18.8. The van der Waals surface area contributed by atoms with Gasteiger partial charge in [0.05, 0.1) is 4.90 Å². The molecular weight excluding hydrogens is 343 g/mol. The molecule has 0 atom stereocenters. The second kappa shape index (κ2) is 7.33. The summed E-state index contributed by atoms with van der Waals surface area (Å²) in [4.78, 5) is 12.3. The van der Waals surface area contributed by atoms with Gasteiger partial charge in [-0.2, -0.15) is 4.31 Å². The maximum atomic E-state index is 13.6. The van der Waals surface area contributed by atoms with Crippen LogP contribution < -0.4 is 5.32 Å². The highest BCUT2D eigenvalue weighted by Crippen LogP contribution is 2.19. The summed E-state index contributed by atoms with van der Waals surface area (Å²) in [7, 11) is -2.06. The average molecular weight is 364 g/mol. The first kappa shape index (κ1) is 19.1. The van der Waals surface area contributed by atoms with Gasteiger partial charge in [-0.25, -0.2) is 12.8 Å². The van der Waals surface area contributed by atoms with Crippen LogP contribution in [0.2, 0.25) is 0 Å². The van der Waals surface area contributed by atoms with Crippen LogP contribution in [0, 0.1) is 12.7 Å². The third-order valence-electron chi connectivity index (χ3n) is 3.95. The molecule has 0 heterocycles. The van der Waals surface area contributed by atoms with Crippen molar-refractivity contribution in [3.8, 4) is 0 Å². The summed E-state index contributed by atoms with van der Waals surface area (Å²) in [5, 5.41) is 2.62. The smallest absolute Gasteiger partial charge is 0.255 e. The molecule has 0 saturated heterocycles. The summed E-state index contributed by atoms with van der Waals surface area (Å²) in [6.07, 6.45) is 0. The minimum absolute atomic E-state index is 0.142. The van der Waals surface area contributed by atoms with Crippen molar-refractivity contribution in [1.82, 2.24) is 4.31 Å². The number of amides is 1. The van der Waals surface area contributed by atoms with E-state index in [0.29, 0.717) is 11.3 Å². The van der Waals surface area contributed by atoms with Gasteiger partial charge in [-0.15, -0.1) is 0 Å². The number of anilines is 1. The first-order valence-corrected chi connectivity index (χ1v) is 9.22. The number of hydrogen-bond acceptors (Lipinski definition) is 3. The Labute approximate surface area is 147 Å². The molecule has 2 rings (SSSR count). The lowest BCUT2D eigenvalue weighted by Crippen LogP contribution is -2.33. The van der Waals surface area contributed by atoms with Crippen molar-refractivity contribution in [2.45, 2.75) is 31.7 Å². The standard InChI is InChI=1S/C18H21FN2O3S/c1-12(2)21(4)25(23,24)16-9-7-15(8-10-16)20-18(22)14-6-5-13(3)17(19)11-14/h5-12H,1-4H3,(H,20,22). The van der Waals surface area contributed by atoms with Crippen LogP contribution >= 0.6 is 0 Å². The molecule has 2 aromatic rings. The molecular formula is C18H21FN2O3S. The lowest BCUT2D eigenvalue weighted by atomic mass is 10.1. The van der Waals surface area contributed by atoms with E-state index < -0.39 is 21.7 Å². The molecule has 0 aliphatic rings. The highest BCUT2D eigenvalue weighted by molar-refractivity contribution is 7.89. The molecule has 25 heavy (non-hydrogen) atoms. The molecule has 0 spiro atoms. The van der Waals surface area contributed by atoms with E-state index in [1.54, 1.807) is 20.8 Å². The summed E-state index contributed by atoms with van der Waals surface area (Å²) in [6, 6.07) is 9.93. The molecule has 0 bridgehead atoms. The first-order valence-electron chi connectivity index (χ1n) is 7.78. The van der Waals surface area contributed by atoms with Crippen LogP contribution in [0.15, 0.2) is 47.4 Å². The van der Waals surface area contributed by atoms with Gasteiger partial charge >= 0.3 is 0 Å². The summed E-state index contributed by atoms with van der Waals surface area (Å²) < 4.78 is 39.6. The van der Waals surface area contributed by atoms with Gasteiger partial charge in [0.15, 0.2) is 0 Å². The van der Waals surface area contributed by atoms with Crippen LogP contribution in [-0.2, 0) is 10.0 Å². The topological polar surface area (TPSA) is 66.5 Å². The molecule has 0 aliphatic heterocycles. The molecule has 1 amide bonds. The molecule has 0 unspecified atom stereocenters. The Morgan fingerprint density at radius 3 is 2.24 bits per heavy atom. The minimum Gasteiger partial charge on any atom is -0.322 e. The molecule has 0 fully saturated rings. The number of carbonyl (C=O) groups excluding carboxylic acids is 1. The maximum Gasteiger partial charge on any atom is 0.255 e. The van der Waals surface area contributed by atoms with Crippen molar-refractivity contribution in [3.05, 3.63) is 59.4 Å². The fraction of sp³-hybridized carbons (Fsp3) is 0.278. The minimum atomic E-state index is -3.57. The second-order valence-electron chi connectivity index (χ2n) is 6.06. The number of halogens is 1. The van der Waals surface area contributed by atoms with Gasteiger partial charge < -0.3 is 5.32 Å². The van der Waals surface area contributed by atoms with Gasteiger partial charge in [0, 0.05) is 24.3 Å². The number of carbonyl (C=O) groups is 1. The Balaban J connectivity index is 2.17. The highest BCUT2D eigenvalue weighted by Gasteiger charge is 2.22. The van der Waals surface area contributed by atoms with Gasteiger partial charge in [0.25, 0.3) is 5.91 Å². The van der Waals surface area contributed by atoms with Crippen LogP contribution in [0.4, 0.5) is 10.1 Å². The number of aryl methyl sites for hydroxylation is 1. The summed E-state index contributed by atoms with van der Waals surface area (Å²) in [6.45, 7) is 5.18. The normalized spacial score (nSPS) is 11.8. The van der Waals surface area contributed by atoms with Crippen molar-refractivity contribution in [2.75, 3.05) is 12.4 Å². The fourth-order valence-electron chi connectivity index (χ4n) is 2.09. The van der Waals surface area contributed by atoms with Crippen molar-refractivity contribution in [3.63, 3.8) is 0 Å². The maximum absolute atomic E-state index is 13.6. The number of nitrogens with zero attached hydrogens (tertiary/aromatic N) is 1. The van der Waals surface area contributed by atoms with Crippen molar-refractivity contribution in [1.29, 1.82) is 0 Å². The molecule has 2 aromatic carbocycles. The molecule has 0 saturated carbocycles. The highest BCUT2D eigenvalue weighted by atomic mass is 32.2. The van der Waals surface area contributed by atoms with E-state index in [1.165, 1.54) is 53.8 Å². The van der Waals surface area contributed by atoms with E-state index >= 15 is 0 Å². The lowest BCUT2D eigenvalue weighted by molar-refractivity contribution is 0.102. The fourth-order valence-corrected chi connectivity index (χ4v) is 3.46. The zero-order valence-corrected chi connectivity index (χ0v) is 15.4. The number of hydrogen-bond donors (Lipinski definition) is 1. The predicted octanol–water partition coefficient (Wildman–Crippen LogP) is 3.42. The van der Waals surface area contributed by atoms with Gasteiger partial charge in [0.2, 0.25) is 10.0 Å². The molecule has 1 N–H and O–H groups in total. The van der Waals surface area contributed by atoms with Crippen LogP contribution in [0.5, 0.6) is 0 Å². The van der Waals surface area contributed by atoms with E-state index in [1.807, 2.05) is 0 Å². The van der Waals surface area contributed by atoms with Crippen molar-refractivity contribution in [2.24, 2.45) is 0 Å². The number of benzene rings is 2. The number of rotatable bonds is 5. The Morgan fingerprint density at radius 2 is 1.72 bits per heavy atom. The van der Waals surface area contributed by atoms with Crippen molar-refractivity contribution >= 4 is 21.6 Å². The van der Waals surface area contributed by atoms with Gasteiger partial charge in [-0.1, -0.05) is 6.07 Å². The predicted molar refractivity (Wildman–Crippen MR) is 95.6 cm³/mol. The van der Waals surface area contributed by atoms with Gasteiger partial charge in [-0.05, 0) is 62.7 Å². The van der Waals surface area contributed by atoms with Crippen LogP contribution in [0.3, 0.4) is 0 Å². The SMILES string of the molecule is Cc1ccc(C(=O)Nc2ccc(S(=O)(=O)N(C)C(C)C)cc2)cc1F. The third kappa shape index (κ3) is 4.24. The van der Waals surface area contributed by atoms with E-state index in [2.05, 4.69) is 5.32 Å². The number of sulfonamides is 1. The molecule has 134 valence electrons. The third-order valence-corrected chi connectivity index (χ3v) is 6.00. The largest absolute Gasteiger partial charge is 0.322 e. The average Bonchev–Trinajstić information content (AvgIpc) is 2.56. The summed E-state index contributed by atoms with van der Waals surface area (Å²) in [5.74, 6) is -0.917. The Hall–Kier alpha value is -2.25. The summed E-state index contributed by atoms with van der Waals surface area (Å²) in [5.41, 5.74) is 1.08. The number of nitrogens with one attached hydrogen (secondary N) is 1. The molecule has 7 heteroatoms. The van der Waals surface area contributed by atoms with Gasteiger partial charge in [0.1, 0.15) is 5.82 Å². The van der Waals surface area contributed by atoms with E-state index in [0.717, 1.165) is 0 Å². The van der Waals surface area contributed by atoms with E-state index in [-0.39, 0.29) is 16.5 Å². The Morgan fingerprint density at radius 1 is 1.12 bits per heavy atom. The van der Waals surface area contributed by atoms with Crippen LogP contribution in [-0.4, -0.2) is 31.7 Å². The van der Waals surface area contributed by atoms with E-state index in [9.17, 15) is 17.6 Å². The van der Waals surface area contributed by atoms with Gasteiger partial charge in [-0.3, -0.25) is 4.79 Å². The zero-order valence-electron chi connectivity index (χ0n) is 14.6. The van der Waals surface area contributed by atoms with E-state index in [4.69, 9.17) is 0 Å². The van der Waals surface area contributed by atoms with Crippen LogP contribution in [0.25, 0.3) is 0 Å². The van der Waals surface area contributed by atoms with Crippen molar-refractivity contribution < 1.29 is 17.6 Å².